The van der Waals surface area contributed by atoms with E-state index in [1.165, 1.54) is 0 Å². The number of methoxy groups -OCH3 is 1. The van der Waals surface area contributed by atoms with Gasteiger partial charge >= 0.3 is 0 Å². The normalized spacial score (nSPS) is 10.6. The highest BCUT2D eigenvalue weighted by atomic mass is 16.5. The molecule has 6 nitrogen and oxygen atoms in total. The Morgan fingerprint density at radius 3 is 2.75 bits per heavy atom. The van der Waals surface area contributed by atoms with Gasteiger partial charge in [-0.25, -0.2) is 9.97 Å². The molecule has 0 atom stereocenters. The summed E-state index contributed by atoms with van der Waals surface area (Å²) in [4.78, 5) is 10.8. The molecule has 0 aliphatic heterocycles. The number of ether oxygens (including phenoxy) is 1. The molecule has 0 saturated carbocycles. The van der Waals surface area contributed by atoms with Crippen molar-refractivity contribution in [2.75, 3.05) is 31.4 Å². The molecule has 0 bridgehead atoms. The van der Waals surface area contributed by atoms with Crippen LogP contribution in [0.1, 0.15) is 17.3 Å². The molecule has 0 spiro atoms. The number of hydrogen-bond donors (Lipinski definition) is 1. The van der Waals surface area contributed by atoms with Gasteiger partial charge in [-0.2, -0.15) is 0 Å². The minimum Gasteiger partial charge on any atom is -0.464 e. The number of furan rings is 1. The van der Waals surface area contributed by atoms with E-state index in [1.807, 2.05) is 44.1 Å². The number of nitrogens with zero attached hydrogens (tertiary/aromatic N) is 3. The molecular formula is C14H20N4O2. The third-order valence-corrected chi connectivity index (χ3v) is 2.87. The molecule has 0 saturated heterocycles. The van der Waals surface area contributed by atoms with E-state index in [4.69, 9.17) is 9.15 Å². The van der Waals surface area contributed by atoms with E-state index < -0.39 is 0 Å². The van der Waals surface area contributed by atoms with Gasteiger partial charge in [0.1, 0.15) is 29.8 Å². The third kappa shape index (κ3) is 3.48. The fourth-order valence-corrected chi connectivity index (χ4v) is 1.89. The fraction of sp³-hybridized carbons (Fsp3) is 0.429. The highest BCUT2D eigenvalue weighted by Gasteiger charge is 2.10. The van der Waals surface area contributed by atoms with Crippen LogP contribution in [0.3, 0.4) is 0 Å². The molecule has 1 N–H and O–H groups in total. The average molecular weight is 276 g/mol. The van der Waals surface area contributed by atoms with Gasteiger partial charge in [-0.3, -0.25) is 0 Å². The number of hydrogen-bond acceptors (Lipinski definition) is 6. The second-order valence-electron chi connectivity index (χ2n) is 4.58. The van der Waals surface area contributed by atoms with Gasteiger partial charge in [0.05, 0.1) is 6.54 Å². The van der Waals surface area contributed by atoms with Gasteiger partial charge in [-0.15, -0.1) is 0 Å². The van der Waals surface area contributed by atoms with Crippen molar-refractivity contribution in [1.82, 2.24) is 9.97 Å². The SMILES string of the molecule is CNc1cc(N(C)Cc2ccc(C)o2)nc(COC)n1. The average Bonchev–Trinajstić information content (AvgIpc) is 2.84. The Morgan fingerprint density at radius 1 is 1.35 bits per heavy atom. The van der Waals surface area contributed by atoms with Crippen molar-refractivity contribution >= 4 is 11.6 Å². The second kappa shape index (κ2) is 6.38. The predicted molar refractivity (Wildman–Crippen MR) is 77.8 cm³/mol. The van der Waals surface area contributed by atoms with Gasteiger partial charge in [-0.1, -0.05) is 0 Å². The van der Waals surface area contributed by atoms with Crippen LogP contribution in [-0.4, -0.2) is 31.2 Å². The molecule has 0 radical (unpaired) electrons. The molecule has 6 heteroatoms. The lowest BCUT2D eigenvalue weighted by atomic mass is 10.4. The largest absolute Gasteiger partial charge is 0.464 e. The van der Waals surface area contributed by atoms with Crippen LogP contribution in [0.25, 0.3) is 0 Å². The van der Waals surface area contributed by atoms with Crippen molar-refractivity contribution in [3.8, 4) is 0 Å². The van der Waals surface area contributed by atoms with Gasteiger partial charge < -0.3 is 19.4 Å². The highest BCUT2D eigenvalue weighted by molar-refractivity contribution is 5.48. The minimum atomic E-state index is 0.385. The van der Waals surface area contributed by atoms with Crippen LogP contribution in [-0.2, 0) is 17.9 Å². The van der Waals surface area contributed by atoms with Crippen molar-refractivity contribution in [2.24, 2.45) is 0 Å². The van der Waals surface area contributed by atoms with Crippen molar-refractivity contribution in [3.05, 3.63) is 35.5 Å². The number of nitrogens with one attached hydrogen (secondary N) is 1. The molecule has 0 aliphatic rings. The van der Waals surface area contributed by atoms with Crippen LogP contribution in [0.15, 0.2) is 22.6 Å². The summed E-state index contributed by atoms with van der Waals surface area (Å²) in [5, 5.41) is 3.03. The first-order valence-electron chi connectivity index (χ1n) is 6.43. The molecule has 0 aliphatic carbocycles. The topological polar surface area (TPSA) is 63.4 Å². The van der Waals surface area contributed by atoms with Gasteiger partial charge in [0.15, 0.2) is 5.82 Å². The maximum absolute atomic E-state index is 5.58. The number of aryl methyl sites for hydroxylation is 1. The molecule has 20 heavy (non-hydrogen) atoms. The molecule has 0 fully saturated rings. The van der Waals surface area contributed by atoms with E-state index in [2.05, 4.69) is 15.3 Å². The Kier molecular flexibility index (Phi) is 4.57. The van der Waals surface area contributed by atoms with E-state index >= 15 is 0 Å². The first kappa shape index (κ1) is 14.3. The van der Waals surface area contributed by atoms with Crippen molar-refractivity contribution in [3.63, 3.8) is 0 Å². The third-order valence-electron chi connectivity index (χ3n) is 2.87. The molecule has 2 aromatic heterocycles. The zero-order valence-electron chi connectivity index (χ0n) is 12.3. The van der Waals surface area contributed by atoms with Gasteiger partial charge in [-0.05, 0) is 19.1 Å². The Morgan fingerprint density at radius 2 is 2.15 bits per heavy atom. The van der Waals surface area contributed by atoms with Crippen LogP contribution in [0, 0.1) is 6.92 Å². The summed E-state index contributed by atoms with van der Waals surface area (Å²) in [7, 11) is 5.43. The van der Waals surface area contributed by atoms with Crippen molar-refractivity contribution in [2.45, 2.75) is 20.1 Å². The molecule has 2 heterocycles. The molecule has 2 aromatic rings. The maximum atomic E-state index is 5.58. The highest BCUT2D eigenvalue weighted by Crippen LogP contribution is 2.18. The van der Waals surface area contributed by atoms with Crippen molar-refractivity contribution in [1.29, 1.82) is 0 Å². The summed E-state index contributed by atoms with van der Waals surface area (Å²) in [6.45, 7) is 2.97. The summed E-state index contributed by atoms with van der Waals surface area (Å²) in [6.07, 6.45) is 0. The van der Waals surface area contributed by atoms with Crippen LogP contribution in [0.5, 0.6) is 0 Å². The van der Waals surface area contributed by atoms with Crippen molar-refractivity contribution < 1.29 is 9.15 Å². The molecule has 108 valence electrons. The molecule has 0 unspecified atom stereocenters. The lowest BCUT2D eigenvalue weighted by Crippen LogP contribution is -2.19. The summed E-state index contributed by atoms with van der Waals surface area (Å²) >= 11 is 0. The zero-order chi connectivity index (χ0) is 14.5. The van der Waals surface area contributed by atoms with E-state index in [0.29, 0.717) is 19.0 Å². The van der Waals surface area contributed by atoms with E-state index in [-0.39, 0.29) is 0 Å². The number of aromatic nitrogens is 2. The van der Waals surface area contributed by atoms with Gasteiger partial charge in [0.2, 0.25) is 0 Å². The second-order valence-corrected chi connectivity index (χ2v) is 4.58. The minimum absolute atomic E-state index is 0.385. The smallest absolute Gasteiger partial charge is 0.158 e. The molecular weight excluding hydrogens is 256 g/mol. The first-order valence-corrected chi connectivity index (χ1v) is 6.43. The number of rotatable bonds is 6. The lowest BCUT2D eigenvalue weighted by molar-refractivity contribution is 0.178. The van der Waals surface area contributed by atoms with Crippen LogP contribution >= 0.6 is 0 Å². The Labute approximate surface area is 118 Å². The lowest BCUT2D eigenvalue weighted by Gasteiger charge is -2.18. The van der Waals surface area contributed by atoms with Crippen LogP contribution in [0.4, 0.5) is 11.6 Å². The summed E-state index contributed by atoms with van der Waals surface area (Å²) in [6, 6.07) is 5.83. The monoisotopic (exact) mass is 276 g/mol. The quantitative estimate of drug-likeness (QED) is 0.872. The standard InChI is InChI=1S/C14H20N4O2/c1-10-5-6-11(20-10)8-18(3)14-7-12(15-2)16-13(17-14)9-19-4/h5-7H,8-9H2,1-4H3,(H,15,16,17). The molecule has 0 aromatic carbocycles. The Bertz CT molecular complexity index is 568. The number of anilines is 2. The Balaban J connectivity index is 2.19. The van der Waals surface area contributed by atoms with Gasteiger partial charge in [0.25, 0.3) is 0 Å². The predicted octanol–water partition coefficient (Wildman–Crippen LogP) is 2.20. The van der Waals surface area contributed by atoms with Gasteiger partial charge in [0, 0.05) is 27.3 Å². The molecule has 0 amide bonds. The summed E-state index contributed by atoms with van der Waals surface area (Å²) in [5.41, 5.74) is 0. The summed E-state index contributed by atoms with van der Waals surface area (Å²) in [5.74, 6) is 4.06. The van der Waals surface area contributed by atoms with E-state index in [1.54, 1.807) is 7.11 Å². The zero-order valence-corrected chi connectivity index (χ0v) is 12.3. The summed E-state index contributed by atoms with van der Waals surface area (Å²) < 4.78 is 10.7. The maximum Gasteiger partial charge on any atom is 0.158 e. The Hall–Kier alpha value is -2.08. The molecule has 2 rings (SSSR count). The van der Waals surface area contributed by atoms with E-state index in [0.717, 1.165) is 23.2 Å². The van der Waals surface area contributed by atoms with E-state index in [9.17, 15) is 0 Å². The van der Waals surface area contributed by atoms with Crippen LogP contribution in [0.2, 0.25) is 0 Å². The fourth-order valence-electron chi connectivity index (χ4n) is 1.89. The first-order chi connectivity index (χ1) is 9.62. The van der Waals surface area contributed by atoms with Crippen LogP contribution < -0.4 is 10.2 Å².